The Bertz CT molecular complexity index is 553. The minimum atomic E-state index is -0.216. The van der Waals surface area contributed by atoms with Crippen LogP contribution in [0, 0.1) is 0 Å². The van der Waals surface area contributed by atoms with Crippen LogP contribution in [0.15, 0.2) is 29.3 Å². The maximum Gasteiger partial charge on any atom is 0.271 e. The topological polar surface area (TPSA) is 72.7 Å². The second kappa shape index (κ2) is 5.26. The van der Waals surface area contributed by atoms with Crippen molar-refractivity contribution in [3.63, 3.8) is 0 Å². The quantitative estimate of drug-likeness (QED) is 0.934. The van der Waals surface area contributed by atoms with Crippen molar-refractivity contribution in [3.8, 4) is 5.82 Å². The molecule has 0 aliphatic rings. The lowest BCUT2D eigenvalue weighted by Gasteiger charge is -2.10. The molecule has 18 heavy (non-hydrogen) atoms. The standard InChI is InChI=1S/C11H12BrN5O/c1-7(2)15-11(18)10-8(12)3-4-9(16-10)17-5-13-14-6-17/h3-7H,1-2H3,(H,15,18). The van der Waals surface area contributed by atoms with Gasteiger partial charge in [0.2, 0.25) is 0 Å². The lowest BCUT2D eigenvalue weighted by Crippen LogP contribution is -2.31. The van der Waals surface area contributed by atoms with E-state index in [1.54, 1.807) is 16.7 Å². The number of carbonyl (C=O) groups is 1. The Morgan fingerprint density at radius 1 is 1.33 bits per heavy atom. The monoisotopic (exact) mass is 309 g/mol. The van der Waals surface area contributed by atoms with Gasteiger partial charge in [0.15, 0.2) is 0 Å². The van der Waals surface area contributed by atoms with Crippen molar-refractivity contribution in [2.75, 3.05) is 0 Å². The molecule has 0 unspecified atom stereocenters. The van der Waals surface area contributed by atoms with Gasteiger partial charge in [-0.25, -0.2) is 4.98 Å². The summed E-state index contributed by atoms with van der Waals surface area (Å²) in [5, 5.41) is 10.2. The van der Waals surface area contributed by atoms with E-state index in [1.165, 1.54) is 12.7 Å². The Balaban J connectivity index is 2.36. The largest absolute Gasteiger partial charge is 0.348 e. The molecular formula is C11H12BrN5O. The molecule has 1 N–H and O–H groups in total. The molecule has 6 nitrogen and oxygen atoms in total. The number of carbonyl (C=O) groups excluding carboxylic acids is 1. The van der Waals surface area contributed by atoms with Crippen molar-refractivity contribution in [2.45, 2.75) is 19.9 Å². The van der Waals surface area contributed by atoms with Gasteiger partial charge in [-0.15, -0.1) is 10.2 Å². The summed E-state index contributed by atoms with van der Waals surface area (Å²) in [6, 6.07) is 3.61. The third kappa shape index (κ3) is 2.73. The lowest BCUT2D eigenvalue weighted by atomic mass is 10.3. The van der Waals surface area contributed by atoms with Gasteiger partial charge < -0.3 is 5.32 Å². The molecule has 0 saturated carbocycles. The number of rotatable bonds is 3. The number of hydrogen-bond donors (Lipinski definition) is 1. The van der Waals surface area contributed by atoms with Gasteiger partial charge in [-0.3, -0.25) is 9.36 Å². The van der Waals surface area contributed by atoms with Crippen molar-refractivity contribution in [2.24, 2.45) is 0 Å². The fourth-order valence-electron chi connectivity index (χ4n) is 1.38. The molecule has 0 radical (unpaired) electrons. The molecule has 0 aliphatic heterocycles. The van der Waals surface area contributed by atoms with Crippen LogP contribution in [0.1, 0.15) is 24.3 Å². The lowest BCUT2D eigenvalue weighted by molar-refractivity contribution is 0.0937. The summed E-state index contributed by atoms with van der Waals surface area (Å²) in [6.07, 6.45) is 3.06. The predicted octanol–water partition coefficient (Wildman–Crippen LogP) is 1.56. The molecular weight excluding hydrogens is 298 g/mol. The van der Waals surface area contributed by atoms with Crippen LogP contribution in [0.3, 0.4) is 0 Å². The van der Waals surface area contributed by atoms with E-state index in [-0.39, 0.29) is 11.9 Å². The van der Waals surface area contributed by atoms with E-state index in [9.17, 15) is 4.79 Å². The number of halogens is 1. The molecule has 2 aromatic heterocycles. The minimum Gasteiger partial charge on any atom is -0.348 e. The summed E-state index contributed by atoms with van der Waals surface area (Å²) in [5.41, 5.74) is 0.343. The van der Waals surface area contributed by atoms with E-state index in [2.05, 4.69) is 36.4 Å². The summed E-state index contributed by atoms with van der Waals surface area (Å²) in [7, 11) is 0. The predicted molar refractivity (Wildman–Crippen MR) is 69.5 cm³/mol. The average Bonchev–Trinajstić information content (AvgIpc) is 2.82. The molecule has 94 valence electrons. The highest BCUT2D eigenvalue weighted by molar-refractivity contribution is 9.10. The highest BCUT2D eigenvalue weighted by Crippen LogP contribution is 2.17. The van der Waals surface area contributed by atoms with E-state index >= 15 is 0 Å². The van der Waals surface area contributed by atoms with E-state index in [4.69, 9.17) is 0 Å². The van der Waals surface area contributed by atoms with E-state index in [1.807, 2.05) is 13.8 Å². The van der Waals surface area contributed by atoms with Crippen LogP contribution in [0.25, 0.3) is 5.82 Å². The molecule has 2 rings (SSSR count). The molecule has 0 saturated heterocycles. The molecule has 7 heteroatoms. The van der Waals surface area contributed by atoms with Crippen LogP contribution in [0.2, 0.25) is 0 Å². The molecule has 2 heterocycles. The molecule has 1 amide bonds. The van der Waals surface area contributed by atoms with Gasteiger partial charge in [0.1, 0.15) is 24.2 Å². The Morgan fingerprint density at radius 2 is 2.00 bits per heavy atom. The number of pyridine rings is 1. The third-order valence-corrected chi connectivity index (χ3v) is 2.79. The summed E-state index contributed by atoms with van der Waals surface area (Å²) in [5.74, 6) is 0.379. The number of nitrogens with zero attached hydrogens (tertiary/aromatic N) is 4. The first kappa shape index (κ1) is 12.7. The van der Waals surface area contributed by atoms with Gasteiger partial charge in [-0.05, 0) is 41.9 Å². The maximum atomic E-state index is 12.0. The zero-order valence-corrected chi connectivity index (χ0v) is 11.5. The van der Waals surface area contributed by atoms with Crippen LogP contribution >= 0.6 is 15.9 Å². The Hall–Kier alpha value is -1.76. The normalized spacial score (nSPS) is 10.7. The Morgan fingerprint density at radius 3 is 2.61 bits per heavy atom. The fraction of sp³-hybridized carbons (Fsp3) is 0.273. The maximum absolute atomic E-state index is 12.0. The van der Waals surface area contributed by atoms with Crippen LogP contribution in [0.5, 0.6) is 0 Å². The first-order valence-corrected chi connectivity index (χ1v) is 6.19. The van der Waals surface area contributed by atoms with Gasteiger partial charge in [0, 0.05) is 10.5 Å². The summed E-state index contributed by atoms with van der Waals surface area (Å²) < 4.78 is 2.29. The first-order valence-electron chi connectivity index (χ1n) is 5.40. The fourth-order valence-corrected chi connectivity index (χ4v) is 1.79. The summed E-state index contributed by atoms with van der Waals surface area (Å²) in [6.45, 7) is 3.80. The molecule has 0 aliphatic carbocycles. The van der Waals surface area contributed by atoms with Crippen molar-refractivity contribution < 1.29 is 4.79 Å². The van der Waals surface area contributed by atoms with Gasteiger partial charge in [0.05, 0.1) is 0 Å². The van der Waals surface area contributed by atoms with Crippen molar-refractivity contribution >= 4 is 21.8 Å². The molecule has 0 bridgehead atoms. The SMILES string of the molecule is CC(C)NC(=O)c1nc(-n2cnnc2)ccc1Br. The summed E-state index contributed by atoms with van der Waals surface area (Å²) >= 11 is 3.32. The van der Waals surface area contributed by atoms with Crippen LogP contribution < -0.4 is 5.32 Å². The molecule has 0 spiro atoms. The van der Waals surface area contributed by atoms with Gasteiger partial charge in [-0.2, -0.15) is 0 Å². The van der Waals surface area contributed by atoms with Crippen molar-refractivity contribution in [1.29, 1.82) is 0 Å². The van der Waals surface area contributed by atoms with E-state index in [0.717, 1.165) is 0 Å². The molecule has 0 fully saturated rings. The summed E-state index contributed by atoms with van der Waals surface area (Å²) in [4.78, 5) is 16.2. The van der Waals surface area contributed by atoms with Crippen LogP contribution in [0.4, 0.5) is 0 Å². The van der Waals surface area contributed by atoms with Crippen molar-refractivity contribution in [3.05, 3.63) is 35.0 Å². The van der Waals surface area contributed by atoms with Crippen molar-refractivity contribution in [1.82, 2.24) is 25.1 Å². The second-order valence-electron chi connectivity index (χ2n) is 4.00. The zero-order chi connectivity index (χ0) is 13.1. The van der Waals surface area contributed by atoms with Gasteiger partial charge >= 0.3 is 0 Å². The number of hydrogen-bond acceptors (Lipinski definition) is 4. The smallest absolute Gasteiger partial charge is 0.271 e. The Labute approximate surface area is 113 Å². The number of nitrogens with one attached hydrogen (secondary N) is 1. The zero-order valence-electron chi connectivity index (χ0n) is 9.96. The van der Waals surface area contributed by atoms with Crippen LogP contribution in [-0.4, -0.2) is 31.7 Å². The highest BCUT2D eigenvalue weighted by Gasteiger charge is 2.14. The Kier molecular flexibility index (Phi) is 3.71. The third-order valence-electron chi connectivity index (χ3n) is 2.15. The van der Waals surface area contributed by atoms with E-state index in [0.29, 0.717) is 16.0 Å². The minimum absolute atomic E-state index is 0.0600. The molecule has 0 aromatic carbocycles. The molecule has 2 aromatic rings. The van der Waals surface area contributed by atoms with Crippen LogP contribution in [-0.2, 0) is 0 Å². The number of amides is 1. The highest BCUT2D eigenvalue weighted by atomic mass is 79.9. The first-order chi connectivity index (χ1) is 8.58. The molecule has 0 atom stereocenters. The average molecular weight is 310 g/mol. The second-order valence-corrected chi connectivity index (χ2v) is 4.85. The number of aromatic nitrogens is 4. The van der Waals surface area contributed by atoms with Gasteiger partial charge in [-0.1, -0.05) is 0 Å². The van der Waals surface area contributed by atoms with E-state index < -0.39 is 0 Å². The van der Waals surface area contributed by atoms with Gasteiger partial charge in [0.25, 0.3) is 5.91 Å².